The summed E-state index contributed by atoms with van der Waals surface area (Å²) < 4.78 is 0. The van der Waals surface area contributed by atoms with Crippen molar-refractivity contribution in [3.8, 4) is 0 Å². The Morgan fingerprint density at radius 1 is 1.32 bits per heavy atom. The van der Waals surface area contributed by atoms with Crippen molar-refractivity contribution in [3.63, 3.8) is 0 Å². The fourth-order valence-corrected chi connectivity index (χ4v) is 2.55. The van der Waals surface area contributed by atoms with Crippen molar-refractivity contribution in [2.24, 2.45) is 4.99 Å². The molecule has 5 heteroatoms. The van der Waals surface area contributed by atoms with Gasteiger partial charge in [-0.2, -0.15) is 0 Å². The zero-order valence-electron chi connectivity index (χ0n) is 10.8. The first-order valence-corrected chi connectivity index (χ1v) is 6.41. The van der Waals surface area contributed by atoms with Gasteiger partial charge in [0.25, 0.3) is 0 Å². The Labute approximate surface area is 111 Å². The average molecular weight is 257 g/mol. The molecule has 0 atom stereocenters. The normalized spacial score (nSPS) is 18.3. The molecule has 0 spiro atoms. The standard InChI is InChI=1S/C14H15N3O2/c1-9(18)13-14(19)12-10(16-13)3-2-4-11(12)17-7-5-15-6-8-17/h2-4,15H,5-8H2,1H3. The predicted molar refractivity (Wildman–Crippen MR) is 73.6 cm³/mol. The van der Waals surface area contributed by atoms with Crippen molar-refractivity contribution in [2.75, 3.05) is 31.1 Å². The highest BCUT2D eigenvalue weighted by Crippen LogP contribution is 2.35. The van der Waals surface area contributed by atoms with Crippen LogP contribution in [0, 0.1) is 0 Å². The summed E-state index contributed by atoms with van der Waals surface area (Å²) in [5.41, 5.74) is 2.14. The van der Waals surface area contributed by atoms with E-state index in [9.17, 15) is 9.59 Å². The maximum absolute atomic E-state index is 12.3. The average Bonchev–Trinajstić information content (AvgIpc) is 2.78. The Balaban J connectivity index is 2.02. The molecule has 1 aromatic carbocycles. The summed E-state index contributed by atoms with van der Waals surface area (Å²) >= 11 is 0. The van der Waals surface area contributed by atoms with E-state index >= 15 is 0 Å². The second kappa shape index (κ2) is 4.59. The summed E-state index contributed by atoms with van der Waals surface area (Å²) in [5.74, 6) is -0.510. The van der Waals surface area contributed by atoms with Gasteiger partial charge in [0.15, 0.2) is 11.5 Å². The number of fused-ring (bicyclic) bond motifs is 1. The van der Waals surface area contributed by atoms with Gasteiger partial charge in [-0.3, -0.25) is 9.59 Å². The van der Waals surface area contributed by atoms with Gasteiger partial charge < -0.3 is 10.2 Å². The largest absolute Gasteiger partial charge is 0.368 e. The van der Waals surface area contributed by atoms with Crippen molar-refractivity contribution in [3.05, 3.63) is 23.8 Å². The highest BCUT2D eigenvalue weighted by atomic mass is 16.2. The van der Waals surface area contributed by atoms with Gasteiger partial charge in [-0.05, 0) is 12.1 Å². The van der Waals surface area contributed by atoms with Gasteiger partial charge >= 0.3 is 0 Å². The summed E-state index contributed by atoms with van der Waals surface area (Å²) in [4.78, 5) is 30.1. The van der Waals surface area contributed by atoms with Crippen LogP contribution in [0.2, 0.25) is 0 Å². The van der Waals surface area contributed by atoms with Crippen molar-refractivity contribution < 1.29 is 9.59 Å². The smallest absolute Gasteiger partial charge is 0.219 e. The number of hydrogen-bond acceptors (Lipinski definition) is 5. The zero-order chi connectivity index (χ0) is 13.4. The van der Waals surface area contributed by atoms with Crippen LogP contribution in [0.1, 0.15) is 17.3 Å². The fourth-order valence-electron chi connectivity index (χ4n) is 2.55. The van der Waals surface area contributed by atoms with Gasteiger partial charge in [-0.15, -0.1) is 0 Å². The predicted octanol–water partition coefficient (Wildman–Crippen LogP) is 0.954. The minimum atomic E-state index is -0.271. The number of hydrogen-bond donors (Lipinski definition) is 1. The summed E-state index contributed by atoms with van der Waals surface area (Å²) in [6.45, 7) is 4.90. The number of anilines is 1. The van der Waals surface area contributed by atoms with E-state index in [-0.39, 0.29) is 17.3 Å². The quantitative estimate of drug-likeness (QED) is 0.857. The molecule has 0 aliphatic carbocycles. The number of ketones is 2. The van der Waals surface area contributed by atoms with E-state index in [2.05, 4.69) is 15.2 Å². The first kappa shape index (κ1) is 12.0. The summed E-state index contributed by atoms with van der Waals surface area (Å²) in [5, 5.41) is 3.28. The molecule has 1 N–H and O–H groups in total. The summed E-state index contributed by atoms with van der Waals surface area (Å²) in [6, 6.07) is 5.60. The third-order valence-corrected chi connectivity index (χ3v) is 3.49. The van der Waals surface area contributed by atoms with Crippen LogP contribution < -0.4 is 10.2 Å². The van der Waals surface area contributed by atoms with Crippen LogP contribution in [0.5, 0.6) is 0 Å². The van der Waals surface area contributed by atoms with Gasteiger partial charge in [-0.1, -0.05) is 6.07 Å². The number of nitrogens with zero attached hydrogens (tertiary/aromatic N) is 2. The van der Waals surface area contributed by atoms with Crippen LogP contribution in [0.3, 0.4) is 0 Å². The van der Waals surface area contributed by atoms with Gasteiger partial charge in [0.1, 0.15) is 0 Å². The molecule has 0 unspecified atom stereocenters. The lowest BCUT2D eigenvalue weighted by Crippen LogP contribution is -2.44. The van der Waals surface area contributed by atoms with Crippen molar-refractivity contribution in [2.45, 2.75) is 6.92 Å². The fraction of sp³-hybridized carbons (Fsp3) is 0.357. The van der Waals surface area contributed by atoms with E-state index in [1.165, 1.54) is 6.92 Å². The van der Waals surface area contributed by atoms with Crippen LogP contribution >= 0.6 is 0 Å². The lowest BCUT2D eigenvalue weighted by Gasteiger charge is -2.30. The number of benzene rings is 1. The molecule has 0 aromatic heterocycles. The van der Waals surface area contributed by atoms with Gasteiger partial charge in [-0.25, -0.2) is 4.99 Å². The number of rotatable bonds is 2. The molecule has 1 saturated heterocycles. The Kier molecular flexibility index (Phi) is 2.91. The molecule has 98 valence electrons. The van der Waals surface area contributed by atoms with E-state index in [1.54, 1.807) is 6.07 Å². The molecule has 0 bridgehead atoms. The van der Waals surface area contributed by atoms with Crippen LogP contribution in [-0.2, 0) is 4.79 Å². The molecular formula is C14H15N3O2. The topological polar surface area (TPSA) is 61.8 Å². The third kappa shape index (κ3) is 1.96. The molecule has 0 amide bonds. The van der Waals surface area contributed by atoms with Crippen molar-refractivity contribution >= 4 is 28.7 Å². The lowest BCUT2D eigenvalue weighted by atomic mass is 10.0. The molecule has 1 fully saturated rings. The minimum absolute atomic E-state index is 0.0533. The number of carbonyl (C=O) groups excluding carboxylic acids is 2. The van der Waals surface area contributed by atoms with Crippen LogP contribution in [-0.4, -0.2) is 43.5 Å². The van der Waals surface area contributed by atoms with Crippen molar-refractivity contribution in [1.29, 1.82) is 0 Å². The van der Waals surface area contributed by atoms with E-state index in [0.717, 1.165) is 31.9 Å². The van der Waals surface area contributed by atoms with Gasteiger partial charge in [0.2, 0.25) is 5.78 Å². The highest BCUT2D eigenvalue weighted by Gasteiger charge is 2.31. The second-order valence-corrected chi connectivity index (χ2v) is 4.75. The van der Waals surface area contributed by atoms with Crippen LogP contribution in [0.25, 0.3) is 0 Å². The minimum Gasteiger partial charge on any atom is -0.368 e. The van der Waals surface area contributed by atoms with E-state index in [4.69, 9.17) is 0 Å². The first-order valence-electron chi connectivity index (χ1n) is 6.41. The molecule has 2 heterocycles. The maximum Gasteiger partial charge on any atom is 0.219 e. The first-order chi connectivity index (χ1) is 9.18. The van der Waals surface area contributed by atoms with Crippen LogP contribution in [0.4, 0.5) is 11.4 Å². The molecule has 0 saturated carbocycles. The van der Waals surface area contributed by atoms with E-state index in [0.29, 0.717) is 11.3 Å². The second-order valence-electron chi connectivity index (χ2n) is 4.75. The molecule has 2 aliphatic heterocycles. The Bertz CT molecular complexity index is 586. The van der Waals surface area contributed by atoms with Crippen LogP contribution in [0.15, 0.2) is 23.2 Å². The molecule has 1 aromatic rings. The highest BCUT2D eigenvalue weighted by molar-refractivity contribution is 6.71. The van der Waals surface area contributed by atoms with E-state index < -0.39 is 0 Å². The zero-order valence-corrected chi connectivity index (χ0v) is 10.8. The lowest BCUT2D eigenvalue weighted by molar-refractivity contribution is -0.110. The molecule has 19 heavy (non-hydrogen) atoms. The van der Waals surface area contributed by atoms with Gasteiger partial charge in [0, 0.05) is 33.1 Å². The number of carbonyl (C=O) groups is 2. The maximum atomic E-state index is 12.3. The summed E-state index contributed by atoms with van der Waals surface area (Å²) in [7, 11) is 0. The van der Waals surface area contributed by atoms with Crippen molar-refractivity contribution in [1.82, 2.24) is 5.32 Å². The number of Topliss-reactive ketones (excluding diaryl/α,β-unsaturated/α-hetero) is 2. The number of aliphatic imine (C=N–C) groups is 1. The molecule has 5 nitrogen and oxygen atoms in total. The number of piperazine rings is 1. The molecule has 0 radical (unpaired) electrons. The Morgan fingerprint density at radius 3 is 2.74 bits per heavy atom. The monoisotopic (exact) mass is 257 g/mol. The third-order valence-electron chi connectivity index (χ3n) is 3.49. The molecule has 2 aliphatic rings. The molecule has 3 rings (SSSR count). The molecular weight excluding hydrogens is 242 g/mol. The Hall–Kier alpha value is -2.01. The SMILES string of the molecule is CC(=O)C1=Nc2cccc(N3CCNCC3)c2C1=O. The Morgan fingerprint density at radius 2 is 2.05 bits per heavy atom. The van der Waals surface area contributed by atoms with E-state index in [1.807, 2.05) is 12.1 Å². The van der Waals surface area contributed by atoms with Gasteiger partial charge in [0.05, 0.1) is 16.9 Å². The number of nitrogens with one attached hydrogen (secondary N) is 1. The summed E-state index contributed by atoms with van der Waals surface area (Å²) in [6.07, 6.45) is 0.